The summed E-state index contributed by atoms with van der Waals surface area (Å²) in [6, 6.07) is 10.4. The highest BCUT2D eigenvalue weighted by molar-refractivity contribution is 5.83. The van der Waals surface area contributed by atoms with Gasteiger partial charge in [0.15, 0.2) is 0 Å². The Kier molecular flexibility index (Phi) is 5.30. The Morgan fingerprint density at radius 2 is 1.65 bits per heavy atom. The van der Waals surface area contributed by atoms with Crippen LogP contribution in [0.3, 0.4) is 0 Å². The van der Waals surface area contributed by atoms with Gasteiger partial charge < -0.3 is 9.69 Å². The zero-order valence-electron chi connectivity index (χ0n) is 12.0. The minimum absolute atomic E-state index is 0.0843. The highest BCUT2D eigenvalue weighted by Crippen LogP contribution is 2.09. The molecule has 1 aliphatic rings. The van der Waals surface area contributed by atoms with Crippen LogP contribution in [0.2, 0.25) is 0 Å². The number of hydrogen-bond acceptors (Lipinski definition) is 3. The van der Waals surface area contributed by atoms with Gasteiger partial charge in [-0.2, -0.15) is 0 Å². The monoisotopic (exact) mass is 274 g/mol. The van der Waals surface area contributed by atoms with Crippen LogP contribution in [0.4, 0.5) is 0 Å². The van der Waals surface area contributed by atoms with Gasteiger partial charge in [-0.05, 0) is 12.5 Å². The van der Waals surface area contributed by atoms with Gasteiger partial charge in [0.05, 0.1) is 0 Å². The Labute approximate surface area is 120 Å². The zero-order chi connectivity index (χ0) is 14.4. The maximum atomic E-state index is 11.9. The van der Waals surface area contributed by atoms with Crippen LogP contribution in [0.5, 0.6) is 0 Å². The van der Waals surface area contributed by atoms with Gasteiger partial charge in [0, 0.05) is 45.6 Å². The summed E-state index contributed by atoms with van der Waals surface area (Å²) in [5.74, 6) is 0.195. The van der Waals surface area contributed by atoms with Gasteiger partial charge in [-0.1, -0.05) is 30.3 Å². The van der Waals surface area contributed by atoms with E-state index in [1.807, 2.05) is 11.0 Å². The molecule has 0 saturated carbocycles. The Morgan fingerprint density at radius 3 is 2.25 bits per heavy atom. The minimum atomic E-state index is 0.0843. The molecule has 0 aromatic heterocycles. The van der Waals surface area contributed by atoms with E-state index in [0.29, 0.717) is 12.8 Å². The summed E-state index contributed by atoms with van der Waals surface area (Å²) < 4.78 is 0. The largest absolute Gasteiger partial charge is 0.340 e. The van der Waals surface area contributed by atoms with Crippen LogP contribution in [-0.4, -0.2) is 47.7 Å². The van der Waals surface area contributed by atoms with Crippen LogP contribution in [-0.2, 0) is 16.1 Å². The zero-order valence-corrected chi connectivity index (χ0v) is 12.0. The molecule has 1 saturated heterocycles. The van der Waals surface area contributed by atoms with Crippen molar-refractivity contribution in [3.8, 4) is 0 Å². The molecule has 2 rings (SSSR count). The molecule has 0 radical (unpaired) electrons. The lowest BCUT2D eigenvalue weighted by Gasteiger charge is -2.34. The first-order valence-electron chi connectivity index (χ1n) is 7.18. The third kappa shape index (κ3) is 4.46. The molecule has 4 heteroatoms. The first-order chi connectivity index (χ1) is 9.65. The second kappa shape index (κ2) is 7.20. The van der Waals surface area contributed by atoms with E-state index < -0.39 is 0 Å². The van der Waals surface area contributed by atoms with Crippen LogP contribution in [0.15, 0.2) is 30.3 Å². The van der Waals surface area contributed by atoms with Crippen LogP contribution in [0.25, 0.3) is 0 Å². The van der Waals surface area contributed by atoms with Gasteiger partial charge in [-0.3, -0.25) is 9.69 Å². The fourth-order valence-corrected chi connectivity index (χ4v) is 2.44. The van der Waals surface area contributed by atoms with E-state index in [2.05, 4.69) is 29.2 Å². The molecule has 0 N–H and O–H groups in total. The number of rotatable bonds is 5. The number of amides is 1. The molecule has 1 amide bonds. The number of nitrogens with zero attached hydrogens (tertiary/aromatic N) is 2. The number of benzene rings is 1. The normalized spacial score (nSPS) is 16.1. The quantitative estimate of drug-likeness (QED) is 0.820. The summed E-state index contributed by atoms with van der Waals surface area (Å²) >= 11 is 0. The van der Waals surface area contributed by atoms with Gasteiger partial charge in [-0.25, -0.2) is 0 Å². The highest BCUT2D eigenvalue weighted by Gasteiger charge is 2.20. The van der Waals surface area contributed by atoms with E-state index in [1.54, 1.807) is 0 Å². The van der Waals surface area contributed by atoms with Gasteiger partial charge in [0.2, 0.25) is 5.91 Å². The van der Waals surface area contributed by atoms with Gasteiger partial charge in [-0.15, -0.1) is 0 Å². The molecule has 0 spiro atoms. The van der Waals surface area contributed by atoms with Crippen LogP contribution >= 0.6 is 0 Å². The topological polar surface area (TPSA) is 40.6 Å². The lowest BCUT2D eigenvalue weighted by Crippen LogP contribution is -2.48. The highest BCUT2D eigenvalue weighted by atomic mass is 16.2. The summed E-state index contributed by atoms with van der Waals surface area (Å²) in [6.07, 6.45) is 0.719. The van der Waals surface area contributed by atoms with Crippen molar-refractivity contribution in [1.29, 1.82) is 0 Å². The maximum Gasteiger partial charge on any atom is 0.223 e. The fraction of sp³-hybridized carbons (Fsp3) is 0.500. The molecule has 0 unspecified atom stereocenters. The second-order valence-corrected chi connectivity index (χ2v) is 5.34. The lowest BCUT2D eigenvalue weighted by atomic mass is 10.2. The van der Waals surface area contributed by atoms with E-state index >= 15 is 0 Å². The Morgan fingerprint density at radius 1 is 1.00 bits per heavy atom. The maximum absolute atomic E-state index is 11.9. The van der Waals surface area contributed by atoms with Crippen LogP contribution < -0.4 is 0 Å². The van der Waals surface area contributed by atoms with E-state index in [1.165, 1.54) is 12.5 Å². The Hall–Kier alpha value is -1.68. The molecule has 4 nitrogen and oxygen atoms in total. The fourth-order valence-electron chi connectivity index (χ4n) is 2.44. The lowest BCUT2D eigenvalue weighted by molar-refractivity contribution is -0.134. The van der Waals surface area contributed by atoms with Crippen molar-refractivity contribution in [3.63, 3.8) is 0 Å². The number of Topliss-reactive ketones (excluding diaryl/α,β-unsaturated/α-hetero) is 1. The number of ketones is 1. The molecule has 0 atom stereocenters. The van der Waals surface area contributed by atoms with Gasteiger partial charge in [0.1, 0.15) is 5.78 Å². The Bertz CT molecular complexity index is 451. The minimum Gasteiger partial charge on any atom is -0.340 e. The molecule has 1 aromatic carbocycles. The van der Waals surface area contributed by atoms with Gasteiger partial charge in [0.25, 0.3) is 0 Å². The van der Waals surface area contributed by atoms with Crippen LogP contribution in [0.1, 0.15) is 25.3 Å². The molecule has 108 valence electrons. The summed E-state index contributed by atoms with van der Waals surface area (Å²) in [5, 5.41) is 0. The third-order valence-corrected chi connectivity index (χ3v) is 3.66. The molecule has 1 heterocycles. The number of carbonyl (C=O) groups excluding carboxylic acids is 2. The summed E-state index contributed by atoms with van der Waals surface area (Å²) in [5.41, 5.74) is 1.31. The van der Waals surface area contributed by atoms with Crippen molar-refractivity contribution in [2.24, 2.45) is 0 Å². The molecule has 1 aliphatic heterocycles. The van der Waals surface area contributed by atoms with E-state index in [-0.39, 0.29) is 11.7 Å². The molecular formula is C16H22N2O2. The molecule has 1 fully saturated rings. The number of piperazine rings is 1. The summed E-state index contributed by atoms with van der Waals surface area (Å²) in [7, 11) is 0. The van der Waals surface area contributed by atoms with Crippen molar-refractivity contribution in [1.82, 2.24) is 9.80 Å². The van der Waals surface area contributed by atoms with Crippen molar-refractivity contribution < 1.29 is 9.59 Å². The van der Waals surface area contributed by atoms with Crippen molar-refractivity contribution in [2.75, 3.05) is 26.2 Å². The average molecular weight is 274 g/mol. The summed E-state index contributed by atoms with van der Waals surface area (Å²) in [6.45, 7) is 5.82. The van der Waals surface area contributed by atoms with Crippen molar-refractivity contribution in [2.45, 2.75) is 26.3 Å². The smallest absolute Gasteiger partial charge is 0.223 e. The predicted octanol–water partition coefficient (Wildman–Crippen LogP) is 1.70. The van der Waals surface area contributed by atoms with Gasteiger partial charge >= 0.3 is 0 Å². The second-order valence-electron chi connectivity index (χ2n) is 5.34. The van der Waals surface area contributed by atoms with E-state index in [0.717, 1.165) is 32.7 Å². The summed E-state index contributed by atoms with van der Waals surface area (Å²) in [4.78, 5) is 27.1. The molecule has 1 aromatic rings. The number of carbonyl (C=O) groups is 2. The molecular weight excluding hydrogens is 252 g/mol. The number of hydrogen-bond donors (Lipinski definition) is 0. The van der Waals surface area contributed by atoms with Crippen molar-refractivity contribution in [3.05, 3.63) is 35.9 Å². The first kappa shape index (κ1) is 14.7. The molecule has 0 bridgehead atoms. The third-order valence-electron chi connectivity index (χ3n) is 3.66. The Balaban J connectivity index is 1.75. The predicted molar refractivity (Wildman–Crippen MR) is 78.2 cm³/mol. The van der Waals surface area contributed by atoms with Crippen LogP contribution in [0, 0.1) is 0 Å². The molecule has 0 aliphatic carbocycles. The van der Waals surface area contributed by atoms with Crippen molar-refractivity contribution >= 4 is 11.7 Å². The molecule has 20 heavy (non-hydrogen) atoms. The van der Waals surface area contributed by atoms with E-state index in [4.69, 9.17) is 0 Å². The SMILES string of the molecule is CC(=O)CCC(=O)N1CCN(Cc2ccccc2)CC1. The first-order valence-corrected chi connectivity index (χ1v) is 7.18. The van der Waals surface area contributed by atoms with E-state index in [9.17, 15) is 9.59 Å². The average Bonchev–Trinajstić information content (AvgIpc) is 2.46. The standard InChI is InChI=1S/C16H22N2O2/c1-14(19)7-8-16(20)18-11-9-17(10-12-18)13-15-5-3-2-4-6-15/h2-6H,7-13H2,1H3.